The minimum absolute atomic E-state index is 0.302. The topological polar surface area (TPSA) is 61.6 Å². The zero-order chi connectivity index (χ0) is 15.5. The van der Waals surface area contributed by atoms with Crippen LogP contribution in [0.25, 0.3) is 0 Å². The first-order valence-corrected chi connectivity index (χ1v) is 8.29. The van der Waals surface area contributed by atoms with E-state index in [-0.39, 0.29) is 0 Å². The van der Waals surface area contributed by atoms with E-state index in [1.54, 1.807) is 0 Å². The van der Waals surface area contributed by atoms with E-state index in [0.29, 0.717) is 18.4 Å². The van der Waals surface area contributed by atoms with E-state index < -0.39 is 0 Å². The van der Waals surface area contributed by atoms with Crippen LogP contribution in [-0.4, -0.2) is 59.6 Å². The van der Waals surface area contributed by atoms with Gasteiger partial charge in [0.05, 0.1) is 5.69 Å². The molecule has 2 fully saturated rings. The number of nitrogens with one attached hydrogen (secondary N) is 1. The van der Waals surface area contributed by atoms with Gasteiger partial charge in [0.25, 0.3) is 0 Å². The molecule has 0 spiro atoms. The molecule has 1 N–H and O–H groups in total. The molecular formula is C16H26N4O2. The summed E-state index contributed by atoms with van der Waals surface area (Å²) in [6, 6.07) is 0.396. The van der Waals surface area contributed by atoms with Crippen LogP contribution in [-0.2, 0) is 11.3 Å². The number of piperazine rings is 1. The molecule has 3 heterocycles. The van der Waals surface area contributed by atoms with Crippen LogP contribution in [0.3, 0.4) is 0 Å². The summed E-state index contributed by atoms with van der Waals surface area (Å²) in [6.07, 6.45) is 2.99. The summed E-state index contributed by atoms with van der Waals surface area (Å²) in [6.45, 7) is 9.38. The molecule has 0 radical (unpaired) electrons. The van der Waals surface area contributed by atoms with Crippen molar-refractivity contribution < 1.29 is 9.32 Å². The Morgan fingerprint density at radius 2 is 2.09 bits per heavy atom. The third-order valence-corrected chi connectivity index (χ3v) is 4.87. The number of amides is 1. The normalized spacial score (nSPS) is 23.2. The van der Waals surface area contributed by atoms with E-state index in [4.69, 9.17) is 4.52 Å². The summed E-state index contributed by atoms with van der Waals surface area (Å²) < 4.78 is 5.22. The lowest BCUT2D eigenvalue weighted by Gasteiger charge is -2.35. The minimum Gasteiger partial charge on any atom is -0.361 e. The summed E-state index contributed by atoms with van der Waals surface area (Å²) in [5.74, 6) is 1.21. The van der Waals surface area contributed by atoms with Crippen LogP contribution in [0.15, 0.2) is 4.52 Å². The van der Waals surface area contributed by atoms with Gasteiger partial charge in [0.1, 0.15) is 5.76 Å². The summed E-state index contributed by atoms with van der Waals surface area (Å²) in [5, 5.41) is 7.41. The highest BCUT2D eigenvalue weighted by molar-refractivity contribution is 5.77. The van der Waals surface area contributed by atoms with Gasteiger partial charge in [-0.1, -0.05) is 5.16 Å². The maximum absolute atomic E-state index is 12.3. The lowest BCUT2D eigenvalue weighted by molar-refractivity contribution is -0.133. The molecule has 0 saturated carbocycles. The van der Waals surface area contributed by atoms with Gasteiger partial charge in [0, 0.05) is 50.7 Å². The van der Waals surface area contributed by atoms with Crippen molar-refractivity contribution in [3.63, 3.8) is 0 Å². The molecule has 0 aromatic carbocycles. The number of carbonyl (C=O) groups excluding carboxylic acids is 1. The van der Waals surface area contributed by atoms with Gasteiger partial charge in [-0.2, -0.15) is 0 Å². The van der Waals surface area contributed by atoms with Crippen molar-refractivity contribution in [3.05, 3.63) is 17.0 Å². The molecule has 1 amide bonds. The maximum Gasteiger partial charge on any atom is 0.224 e. The molecule has 1 aromatic rings. The van der Waals surface area contributed by atoms with Crippen molar-refractivity contribution >= 4 is 5.91 Å². The number of carbonyl (C=O) groups is 1. The van der Waals surface area contributed by atoms with Crippen LogP contribution in [0.1, 0.15) is 36.3 Å². The predicted molar refractivity (Wildman–Crippen MR) is 83.5 cm³/mol. The Morgan fingerprint density at radius 1 is 1.32 bits per heavy atom. The van der Waals surface area contributed by atoms with E-state index >= 15 is 0 Å². The zero-order valence-electron chi connectivity index (χ0n) is 13.6. The molecule has 0 bridgehead atoms. The lowest BCUT2D eigenvalue weighted by Crippen LogP contribution is -2.49. The Morgan fingerprint density at radius 3 is 2.68 bits per heavy atom. The Kier molecular flexibility index (Phi) is 4.78. The predicted octanol–water partition coefficient (Wildman–Crippen LogP) is 1.08. The van der Waals surface area contributed by atoms with Gasteiger partial charge in [-0.05, 0) is 33.2 Å². The Balaban J connectivity index is 1.46. The fourth-order valence-corrected chi connectivity index (χ4v) is 3.38. The molecule has 1 aromatic heterocycles. The first-order valence-electron chi connectivity index (χ1n) is 8.29. The molecule has 3 rings (SSSR count). The van der Waals surface area contributed by atoms with E-state index in [1.807, 2.05) is 18.7 Å². The number of aryl methyl sites for hydroxylation is 2. The highest BCUT2D eigenvalue weighted by atomic mass is 16.5. The molecule has 122 valence electrons. The summed E-state index contributed by atoms with van der Waals surface area (Å²) in [4.78, 5) is 16.7. The monoisotopic (exact) mass is 306 g/mol. The summed E-state index contributed by atoms with van der Waals surface area (Å²) in [7, 11) is 0. The van der Waals surface area contributed by atoms with Crippen LogP contribution in [0.2, 0.25) is 0 Å². The first-order chi connectivity index (χ1) is 10.6. The smallest absolute Gasteiger partial charge is 0.224 e. The number of aromatic nitrogens is 1. The summed E-state index contributed by atoms with van der Waals surface area (Å²) in [5.41, 5.74) is 2.17. The molecule has 6 nitrogen and oxygen atoms in total. The Hall–Kier alpha value is -1.40. The van der Waals surface area contributed by atoms with Gasteiger partial charge in [-0.15, -0.1) is 0 Å². The molecule has 1 unspecified atom stereocenters. The van der Waals surface area contributed by atoms with Crippen LogP contribution in [0.4, 0.5) is 0 Å². The SMILES string of the molecule is Cc1noc(C)c1CN1CCN(C(=O)CC2CCCN2)CC1. The van der Waals surface area contributed by atoms with Gasteiger partial charge < -0.3 is 14.7 Å². The van der Waals surface area contributed by atoms with E-state index in [0.717, 1.165) is 57.1 Å². The van der Waals surface area contributed by atoms with Crippen LogP contribution < -0.4 is 5.32 Å². The summed E-state index contributed by atoms with van der Waals surface area (Å²) >= 11 is 0. The van der Waals surface area contributed by atoms with Crippen LogP contribution in [0.5, 0.6) is 0 Å². The van der Waals surface area contributed by atoms with E-state index in [2.05, 4.69) is 15.4 Å². The molecule has 1 atom stereocenters. The third kappa shape index (κ3) is 3.50. The van der Waals surface area contributed by atoms with Crippen molar-refractivity contribution in [2.24, 2.45) is 0 Å². The van der Waals surface area contributed by atoms with Crippen molar-refractivity contribution in [1.82, 2.24) is 20.3 Å². The molecule has 0 aliphatic carbocycles. The second-order valence-electron chi connectivity index (χ2n) is 6.46. The number of hydrogen-bond donors (Lipinski definition) is 1. The number of nitrogens with zero attached hydrogens (tertiary/aromatic N) is 3. The van der Waals surface area contributed by atoms with Gasteiger partial charge in [0.2, 0.25) is 5.91 Å². The minimum atomic E-state index is 0.302. The second-order valence-corrected chi connectivity index (χ2v) is 6.46. The Bertz CT molecular complexity index is 495. The maximum atomic E-state index is 12.3. The average Bonchev–Trinajstić information content (AvgIpc) is 3.13. The van der Waals surface area contributed by atoms with Gasteiger partial charge >= 0.3 is 0 Å². The molecule has 2 saturated heterocycles. The fourth-order valence-electron chi connectivity index (χ4n) is 3.38. The van der Waals surface area contributed by atoms with Crippen LogP contribution >= 0.6 is 0 Å². The fraction of sp³-hybridized carbons (Fsp3) is 0.750. The molecule has 2 aliphatic rings. The van der Waals surface area contributed by atoms with Gasteiger partial charge in [-0.3, -0.25) is 9.69 Å². The Labute approximate surface area is 131 Å². The van der Waals surface area contributed by atoms with E-state index in [1.165, 1.54) is 12.0 Å². The zero-order valence-corrected chi connectivity index (χ0v) is 13.6. The quantitative estimate of drug-likeness (QED) is 0.902. The molecular weight excluding hydrogens is 280 g/mol. The van der Waals surface area contributed by atoms with Gasteiger partial charge in [-0.25, -0.2) is 0 Å². The highest BCUT2D eigenvalue weighted by Crippen LogP contribution is 2.17. The van der Waals surface area contributed by atoms with Crippen molar-refractivity contribution in [2.75, 3.05) is 32.7 Å². The standard InChI is InChI=1S/C16H26N4O2/c1-12-15(13(2)22-18-12)11-19-6-8-20(9-7-19)16(21)10-14-4-3-5-17-14/h14,17H,3-11H2,1-2H3. The number of hydrogen-bond acceptors (Lipinski definition) is 5. The molecule has 6 heteroatoms. The van der Waals surface area contributed by atoms with E-state index in [9.17, 15) is 4.79 Å². The first kappa shape index (κ1) is 15.5. The lowest BCUT2D eigenvalue weighted by atomic mass is 10.1. The van der Waals surface area contributed by atoms with Crippen molar-refractivity contribution in [3.8, 4) is 0 Å². The third-order valence-electron chi connectivity index (χ3n) is 4.87. The van der Waals surface area contributed by atoms with Crippen molar-refractivity contribution in [2.45, 2.75) is 45.7 Å². The second kappa shape index (κ2) is 6.79. The van der Waals surface area contributed by atoms with Gasteiger partial charge in [0.15, 0.2) is 0 Å². The molecule has 22 heavy (non-hydrogen) atoms. The molecule has 2 aliphatic heterocycles. The average molecular weight is 306 g/mol. The number of rotatable bonds is 4. The highest BCUT2D eigenvalue weighted by Gasteiger charge is 2.25. The van der Waals surface area contributed by atoms with Crippen molar-refractivity contribution in [1.29, 1.82) is 0 Å². The largest absolute Gasteiger partial charge is 0.361 e. The van der Waals surface area contributed by atoms with Crippen LogP contribution in [0, 0.1) is 13.8 Å².